The molecular formula is C28H29N3O4. The lowest BCUT2D eigenvalue weighted by Gasteiger charge is -2.26. The van der Waals surface area contributed by atoms with Crippen molar-refractivity contribution in [3.8, 4) is 22.9 Å². The van der Waals surface area contributed by atoms with E-state index in [1.165, 1.54) is 26.4 Å². The maximum absolute atomic E-state index is 12.1. The van der Waals surface area contributed by atoms with Crippen LogP contribution in [0.25, 0.3) is 16.9 Å². The zero-order valence-corrected chi connectivity index (χ0v) is 20.1. The number of ether oxygens (including phenoxy) is 3. The number of carbonyl (C=O) groups is 1. The number of hydrogen-bond acceptors (Lipinski definition) is 6. The summed E-state index contributed by atoms with van der Waals surface area (Å²) in [6.45, 7) is 0.512. The van der Waals surface area contributed by atoms with E-state index < -0.39 is 5.97 Å². The molecule has 35 heavy (non-hydrogen) atoms. The molecule has 1 saturated carbocycles. The van der Waals surface area contributed by atoms with Crippen LogP contribution in [-0.4, -0.2) is 34.8 Å². The van der Waals surface area contributed by atoms with Crippen LogP contribution in [0.4, 0.5) is 0 Å². The van der Waals surface area contributed by atoms with Gasteiger partial charge in [0.05, 0.1) is 19.9 Å². The summed E-state index contributed by atoms with van der Waals surface area (Å²) in [7, 11) is 2.99. The van der Waals surface area contributed by atoms with E-state index in [0.717, 1.165) is 41.0 Å². The first kappa shape index (κ1) is 22.9. The first-order valence-electron chi connectivity index (χ1n) is 12.0. The van der Waals surface area contributed by atoms with E-state index in [1.54, 1.807) is 17.7 Å². The predicted octanol–water partition coefficient (Wildman–Crippen LogP) is 5.82. The first-order valence-corrected chi connectivity index (χ1v) is 12.0. The fourth-order valence-corrected chi connectivity index (χ4v) is 4.82. The third kappa shape index (κ3) is 4.71. The number of esters is 1. The summed E-state index contributed by atoms with van der Waals surface area (Å²) in [5.41, 5.74) is 4.73. The van der Waals surface area contributed by atoms with Crippen LogP contribution >= 0.6 is 0 Å². The predicted molar refractivity (Wildman–Crippen MR) is 133 cm³/mol. The Bertz CT molecular complexity index is 1310. The quantitative estimate of drug-likeness (QED) is 0.316. The molecular weight excluding hydrogens is 442 g/mol. The third-order valence-electron chi connectivity index (χ3n) is 6.57. The molecule has 0 aliphatic heterocycles. The lowest BCUT2D eigenvalue weighted by atomic mass is 9.82. The van der Waals surface area contributed by atoms with E-state index in [-0.39, 0.29) is 5.69 Å². The monoisotopic (exact) mass is 471 g/mol. The molecule has 2 aromatic heterocycles. The summed E-state index contributed by atoms with van der Waals surface area (Å²) in [6, 6.07) is 19.7. The molecule has 7 heteroatoms. The molecule has 4 aromatic rings. The second kappa shape index (κ2) is 10.2. The molecule has 0 amide bonds. The number of fused-ring (bicyclic) bond motifs is 1. The van der Waals surface area contributed by atoms with Gasteiger partial charge in [0.1, 0.15) is 12.4 Å². The smallest absolute Gasteiger partial charge is 0.358 e. The van der Waals surface area contributed by atoms with Crippen molar-refractivity contribution in [2.45, 2.75) is 44.6 Å². The summed E-state index contributed by atoms with van der Waals surface area (Å²) < 4.78 is 18.4. The van der Waals surface area contributed by atoms with Gasteiger partial charge in [0.15, 0.2) is 11.3 Å². The van der Waals surface area contributed by atoms with Gasteiger partial charge in [-0.25, -0.2) is 9.78 Å². The first-order chi connectivity index (χ1) is 17.2. The van der Waals surface area contributed by atoms with Crippen LogP contribution in [-0.2, 0) is 11.3 Å². The average Bonchev–Trinajstić information content (AvgIpc) is 3.36. The summed E-state index contributed by atoms with van der Waals surface area (Å²) in [5, 5.41) is 4.45. The summed E-state index contributed by atoms with van der Waals surface area (Å²) >= 11 is 0. The van der Waals surface area contributed by atoms with Crippen LogP contribution in [0.5, 0.6) is 11.6 Å². The van der Waals surface area contributed by atoms with Gasteiger partial charge in [0, 0.05) is 17.2 Å². The van der Waals surface area contributed by atoms with Crippen LogP contribution in [0, 0.1) is 0 Å². The molecule has 2 heterocycles. The summed E-state index contributed by atoms with van der Waals surface area (Å²) in [5.74, 6) is 1.22. The highest BCUT2D eigenvalue weighted by atomic mass is 16.5. The van der Waals surface area contributed by atoms with E-state index in [1.807, 2.05) is 54.6 Å². The SMILES string of the molecule is COC(=O)c1cc2nc(-c3ccc(OCc4ccccc4)cc3)c(C3CCCCC3)c(OC)n2n1. The van der Waals surface area contributed by atoms with Crippen LogP contribution in [0.3, 0.4) is 0 Å². The normalized spacial score (nSPS) is 14.1. The Morgan fingerprint density at radius 2 is 1.74 bits per heavy atom. The Morgan fingerprint density at radius 3 is 2.43 bits per heavy atom. The van der Waals surface area contributed by atoms with Crippen LogP contribution < -0.4 is 9.47 Å². The molecule has 1 aliphatic carbocycles. The Morgan fingerprint density at radius 1 is 1.00 bits per heavy atom. The third-order valence-corrected chi connectivity index (χ3v) is 6.57. The molecule has 0 bridgehead atoms. The number of methoxy groups -OCH3 is 2. The van der Waals surface area contributed by atoms with Crippen molar-refractivity contribution in [1.82, 2.24) is 14.6 Å². The average molecular weight is 472 g/mol. The van der Waals surface area contributed by atoms with Gasteiger partial charge in [-0.3, -0.25) is 0 Å². The largest absolute Gasteiger partial charge is 0.489 e. The molecule has 0 radical (unpaired) electrons. The lowest BCUT2D eigenvalue weighted by Crippen LogP contribution is -2.13. The van der Waals surface area contributed by atoms with E-state index >= 15 is 0 Å². The highest BCUT2D eigenvalue weighted by Crippen LogP contribution is 2.42. The summed E-state index contributed by atoms with van der Waals surface area (Å²) in [4.78, 5) is 17.1. The molecule has 1 aliphatic rings. The number of nitrogens with zero attached hydrogens (tertiary/aromatic N) is 3. The van der Waals surface area contributed by atoms with Gasteiger partial charge in [-0.1, -0.05) is 49.6 Å². The molecule has 5 rings (SSSR count). The second-order valence-corrected chi connectivity index (χ2v) is 8.81. The number of hydrogen-bond donors (Lipinski definition) is 0. The van der Waals surface area contributed by atoms with Gasteiger partial charge in [0.25, 0.3) is 0 Å². The fraction of sp³-hybridized carbons (Fsp3) is 0.321. The highest BCUT2D eigenvalue weighted by molar-refractivity contribution is 5.88. The molecule has 0 spiro atoms. The minimum atomic E-state index is -0.502. The van der Waals surface area contributed by atoms with Crippen molar-refractivity contribution in [3.63, 3.8) is 0 Å². The van der Waals surface area contributed by atoms with Crippen molar-refractivity contribution in [2.75, 3.05) is 14.2 Å². The summed E-state index contributed by atoms with van der Waals surface area (Å²) in [6.07, 6.45) is 5.72. The standard InChI is InChI=1S/C28H29N3O4/c1-33-27-25(20-11-7-4-8-12-20)26(29-24-17-23(28(32)34-2)30-31(24)27)21-13-15-22(16-14-21)35-18-19-9-5-3-6-10-19/h3,5-6,9-10,13-17,20H,4,7-8,11-12,18H2,1-2H3. The van der Waals surface area contributed by atoms with E-state index in [9.17, 15) is 4.79 Å². The number of carbonyl (C=O) groups excluding carboxylic acids is 1. The Hall–Kier alpha value is -3.87. The van der Waals surface area contributed by atoms with Crippen LogP contribution in [0.2, 0.25) is 0 Å². The van der Waals surface area contributed by atoms with Gasteiger partial charge in [-0.15, -0.1) is 0 Å². The van der Waals surface area contributed by atoms with Gasteiger partial charge in [-0.2, -0.15) is 9.61 Å². The van der Waals surface area contributed by atoms with Gasteiger partial charge < -0.3 is 14.2 Å². The van der Waals surface area contributed by atoms with Crippen molar-refractivity contribution >= 4 is 11.6 Å². The Labute approximate surface area is 204 Å². The maximum Gasteiger partial charge on any atom is 0.358 e. The molecule has 0 N–H and O–H groups in total. The number of aromatic nitrogens is 3. The van der Waals surface area contributed by atoms with Crippen LogP contribution in [0.1, 0.15) is 59.6 Å². The minimum Gasteiger partial charge on any atom is -0.489 e. The van der Waals surface area contributed by atoms with Crippen molar-refractivity contribution in [1.29, 1.82) is 0 Å². The molecule has 180 valence electrons. The fourth-order valence-electron chi connectivity index (χ4n) is 4.82. The minimum absolute atomic E-state index is 0.203. The Kier molecular flexibility index (Phi) is 6.66. The van der Waals surface area contributed by atoms with Crippen molar-refractivity contribution in [2.24, 2.45) is 0 Å². The lowest BCUT2D eigenvalue weighted by molar-refractivity contribution is 0.0593. The maximum atomic E-state index is 12.1. The topological polar surface area (TPSA) is 75.0 Å². The molecule has 2 aromatic carbocycles. The molecule has 0 saturated heterocycles. The number of rotatable bonds is 7. The zero-order chi connectivity index (χ0) is 24.2. The van der Waals surface area contributed by atoms with Crippen molar-refractivity contribution < 1.29 is 19.0 Å². The van der Waals surface area contributed by atoms with Gasteiger partial charge in [-0.05, 0) is 48.6 Å². The molecule has 1 fully saturated rings. The molecule has 0 atom stereocenters. The van der Waals surface area contributed by atoms with E-state index in [2.05, 4.69) is 5.10 Å². The van der Waals surface area contributed by atoms with Gasteiger partial charge >= 0.3 is 5.97 Å². The van der Waals surface area contributed by atoms with Gasteiger partial charge in [0.2, 0.25) is 5.88 Å². The highest BCUT2D eigenvalue weighted by Gasteiger charge is 2.28. The van der Waals surface area contributed by atoms with Crippen LogP contribution in [0.15, 0.2) is 60.7 Å². The van der Waals surface area contributed by atoms with E-state index in [0.29, 0.717) is 24.1 Å². The zero-order valence-electron chi connectivity index (χ0n) is 20.1. The molecule has 0 unspecified atom stereocenters. The molecule has 7 nitrogen and oxygen atoms in total. The second-order valence-electron chi connectivity index (χ2n) is 8.81. The van der Waals surface area contributed by atoms with Crippen molar-refractivity contribution in [3.05, 3.63) is 77.5 Å². The Balaban J connectivity index is 1.55. The van der Waals surface area contributed by atoms with E-state index in [4.69, 9.17) is 19.2 Å². The number of benzene rings is 2.